The lowest BCUT2D eigenvalue weighted by Crippen LogP contribution is -2.01. The third kappa shape index (κ3) is 4.21. The molecule has 0 amide bonds. The van der Waals surface area contributed by atoms with Gasteiger partial charge in [-0.25, -0.2) is 0 Å². The van der Waals surface area contributed by atoms with Crippen molar-refractivity contribution >= 4 is 0 Å². The standard InChI is InChI=1S/C21H26O4/c1-15-9-19(25-8-4-3-7-22)11-18-14-24-13-17-6-5-16(12-23-2)10-20(17)21(15)18/h5-6,9-11,22H,3-4,7-8,12-14H2,1-2H3. The highest BCUT2D eigenvalue weighted by Gasteiger charge is 2.18. The van der Waals surface area contributed by atoms with Gasteiger partial charge in [0.1, 0.15) is 5.75 Å². The van der Waals surface area contributed by atoms with Gasteiger partial charge in [-0.1, -0.05) is 12.1 Å². The Bertz CT molecular complexity index is 724. The summed E-state index contributed by atoms with van der Waals surface area (Å²) in [7, 11) is 1.72. The predicted octanol–water partition coefficient (Wildman–Crippen LogP) is 3.99. The fourth-order valence-electron chi connectivity index (χ4n) is 3.32. The number of fused-ring (bicyclic) bond motifs is 3. The first-order chi connectivity index (χ1) is 12.2. The minimum atomic E-state index is 0.209. The second kappa shape index (κ2) is 8.48. The van der Waals surface area contributed by atoms with Crippen molar-refractivity contribution in [3.05, 3.63) is 52.6 Å². The molecule has 1 aliphatic heterocycles. The quantitative estimate of drug-likeness (QED) is 0.773. The largest absolute Gasteiger partial charge is 0.494 e. The van der Waals surface area contributed by atoms with E-state index in [0.29, 0.717) is 26.4 Å². The molecule has 0 radical (unpaired) electrons. The molecule has 0 unspecified atom stereocenters. The Morgan fingerprint density at radius 3 is 2.72 bits per heavy atom. The van der Waals surface area contributed by atoms with Gasteiger partial charge < -0.3 is 19.3 Å². The lowest BCUT2D eigenvalue weighted by Gasteiger charge is -2.16. The van der Waals surface area contributed by atoms with Gasteiger partial charge in [-0.2, -0.15) is 0 Å². The summed E-state index contributed by atoms with van der Waals surface area (Å²) in [6, 6.07) is 10.6. The molecule has 4 heteroatoms. The predicted molar refractivity (Wildman–Crippen MR) is 97.6 cm³/mol. The lowest BCUT2D eigenvalue weighted by molar-refractivity contribution is 0.109. The molecule has 134 valence electrons. The van der Waals surface area contributed by atoms with E-state index < -0.39 is 0 Å². The molecule has 4 nitrogen and oxygen atoms in total. The van der Waals surface area contributed by atoms with Gasteiger partial charge in [-0.15, -0.1) is 0 Å². The molecule has 0 spiro atoms. The third-order valence-electron chi connectivity index (χ3n) is 4.48. The zero-order valence-corrected chi connectivity index (χ0v) is 15.0. The molecular weight excluding hydrogens is 316 g/mol. The molecule has 1 N–H and O–H groups in total. The van der Waals surface area contributed by atoms with Crippen LogP contribution in [0.15, 0.2) is 30.3 Å². The summed E-state index contributed by atoms with van der Waals surface area (Å²) in [5.41, 5.74) is 7.19. The number of rotatable bonds is 7. The number of aryl methyl sites for hydroxylation is 1. The molecule has 1 heterocycles. The average Bonchev–Trinajstić information content (AvgIpc) is 2.78. The first-order valence-corrected chi connectivity index (χ1v) is 8.79. The topological polar surface area (TPSA) is 47.9 Å². The molecule has 25 heavy (non-hydrogen) atoms. The van der Waals surface area contributed by atoms with Gasteiger partial charge in [-0.3, -0.25) is 0 Å². The van der Waals surface area contributed by atoms with Crippen molar-refractivity contribution in [1.82, 2.24) is 0 Å². The number of aliphatic hydroxyl groups excluding tert-OH is 1. The average molecular weight is 342 g/mol. The Morgan fingerprint density at radius 2 is 1.92 bits per heavy atom. The molecule has 0 atom stereocenters. The van der Waals surface area contributed by atoms with Crippen molar-refractivity contribution < 1.29 is 19.3 Å². The normalized spacial score (nSPS) is 13.1. The number of hydrogen-bond donors (Lipinski definition) is 1. The van der Waals surface area contributed by atoms with E-state index in [2.05, 4.69) is 37.3 Å². The van der Waals surface area contributed by atoms with Gasteiger partial charge in [0.25, 0.3) is 0 Å². The molecule has 0 fully saturated rings. The van der Waals surface area contributed by atoms with Crippen LogP contribution in [0.25, 0.3) is 11.1 Å². The summed E-state index contributed by atoms with van der Waals surface area (Å²) < 4.78 is 17.0. The van der Waals surface area contributed by atoms with E-state index in [0.717, 1.165) is 29.7 Å². The Kier molecular flexibility index (Phi) is 6.08. The van der Waals surface area contributed by atoms with Crippen LogP contribution < -0.4 is 4.74 Å². The smallest absolute Gasteiger partial charge is 0.119 e. The molecule has 0 saturated carbocycles. The van der Waals surface area contributed by atoms with Crippen molar-refractivity contribution in [2.24, 2.45) is 0 Å². The van der Waals surface area contributed by atoms with Crippen LogP contribution in [0.4, 0.5) is 0 Å². The molecule has 0 saturated heterocycles. The highest BCUT2D eigenvalue weighted by Crippen LogP contribution is 2.37. The number of aliphatic hydroxyl groups is 1. The van der Waals surface area contributed by atoms with E-state index >= 15 is 0 Å². The molecular formula is C21H26O4. The van der Waals surface area contributed by atoms with E-state index in [1.54, 1.807) is 7.11 Å². The number of unbranched alkanes of at least 4 members (excludes halogenated alkanes) is 1. The number of benzene rings is 2. The molecule has 2 aromatic carbocycles. The molecule has 1 aliphatic rings. The van der Waals surface area contributed by atoms with Crippen LogP contribution in [0.5, 0.6) is 5.75 Å². The van der Waals surface area contributed by atoms with Gasteiger partial charge in [0, 0.05) is 13.7 Å². The van der Waals surface area contributed by atoms with Gasteiger partial charge in [0.15, 0.2) is 0 Å². The summed E-state index contributed by atoms with van der Waals surface area (Å²) in [5.74, 6) is 0.870. The summed E-state index contributed by atoms with van der Waals surface area (Å²) in [6.45, 7) is 4.75. The first-order valence-electron chi connectivity index (χ1n) is 8.79. The van der Waals surface area contributed by atoms with Gasteiger partial charge >= 0.3 is 0 Å². The van der Waals surface area contributed by atoms with Crippen LogP contribution >= 0.6 is 0 Å². The lowest BCUT2D eigenvalue weighted by atomic mass is 9.91. The van der Waals surface area contributed by atoms with Gasteiger partial charge in [0.2, 0.25) is 0 Å². The molecule has 3 rings (SSSR count). The summed E-state index contributed by atoms with van der Waals surface area (Å²) in [6.07, 6.45) is 1.62. The fraction of sp³-hybridized carbons (Fsp3) is 0.429. The van der Waals surface area contributed by atoms with Crippen LogP contribution in [-0.2, 0) is 29.3 Å². The second-order valence-corrected chi connectivity index (χ2v) is 6.47. The van der Waals surface area contributed by atoms with E-state index in [1.807, 2.05) is 0 Å². The third-order valence-corrected chi connectivity index (χ3v) is 4.48. The summed E-state index contributed by atoms with van der Waals surface area (Å²) in [5, 5.41) is 8.87. The van der Waals surface area contributed by atoms with Crippen molar-refractivity contribution in [3.8, 4) is 16.9 Å². The Balaban J connectivity index is 1.93. The summed E-state index contributed by atoms with van der Waals surface area (Å²) in [4.78, 5) is 0. The maximum atomic E-state index is 8.87. The van der Waals surface area contributed by atoms with Crippen molar-refractivity contribution in [2.45, 2.75) is 39.6 Å². The van der Waals surface area contributed by atoms with E-state index in [-0.39, 0.29) is 6.61 Å². The molecule has 0 bridgehead atoms. The number of ether oxygens (including phenoxy) is 3. The second-order valence-electron chi connectivity index (χ2n) is 6.47. The minimum Gasteiger partial charge on any atom is -0.494 e. The highest BCUT2D eigenvalue weighted by atomic mass is 16.5. The molecule has 0 aliphatic carbocycles. The maximum absolute atomic E-state index is 8.87. The maximum Gasteiger partial charge on any atom is 0.119 e. The zero-order valence-electron chi connectivity index (χ0n) is 15.0. The van der Waals surface area contributed by atoms with Crippen LogP contribution in [0.1, 0.15) is 35.1 Å². The highest BCUT2D eigenvalue weighted by molar-refractivity contribution is 5.76. The van der Waals surface area contributed by atoms with Gasteiger partial charge in [0.05, 0.1) is 26.4 Å². The summed E-state index contributed by atoms with van der Waals surface area (Å²) >= 11 is 0. The van der Waals surface area contributed by atoms with Crippen LogP contribution in [-0.4, -0.2) is 25.4 Å². The molecule has 2 aromatic rings. The van der Waals surface area contributed by atoms with Gasteiger partial charge in [-0.05, 0) is 71.3 Å². The van der Waals surface area contributed by atoms with E-state index in [4.69, 9.17) is 19.3 Å². The van der Waals surface area contributed by atoms with Crippen molar-refractivity contribution in [1.29, 1.82) is 0 Å². The van der Waals surface area contributed by atoms with Crippen LogP contribution in [0, 0.1) is 6.92 Å². The Labute approximate surface area is 149 Å². The minimum absolute atomic E-state index is 0.209. The number of hydrogen-bond acceptors (Lipinski definition) is 4. The van der Waals surface area contributed by atoms with Crippen LogP contribution in [0.3, 0.4) is 0 Å². The van der Waals surface area contributed by atoms with E-state index in [9.17, 15) is 0 Å². The van der Waals surface area contributed by atoms with E-state index in [1.165, 1.54) is 22.3 Å². The molecule has 0 aromatic heterocycles. The Hall–Kier alpha value is -1.88. The number of methoxy groups -OCH3 is 1. The van der Waals surface area contributed by atoms with Crippen molar-refractivity contribution in [3.63, 3.8) is 0 Å². The zero-order chi connectivity index (χ0) is 17.6. The SMILES string of the molecule is COCc1ccc2c(c1)-c1c(C)cc(OCCCCO)cc1COC2. The fourth-order valence-corrected chi connectivity index (χ4v) is 3.32. The first kappa shape index (κ1) is 17.9. The van der Waals surface area contributed by atoms with Crippen LogP contribution in [0.2, 0.25) is 0 Å². The van der Waals surface area contributed by atoms with Crippen molar-refractivity contribution in [2.75, 3.05) is 20.3 Å². The monoisotopic (exact) mass is 342 g/mol. The Morgan fingerprint density at radius 1 is 1.08 bits per heavy atom.